The van der Waals surface area contributed by atoms with Crippen LogP contribution in [0.15, 0.2) is 59.5 Å². The van der Waals surface area contributed by atoms with Crippen molar-refractivity contribution < 1.29 is 13.2 Å². The molecule has 0 radical (unpaired) electrons. The van der Waals surface area contributed by atoms with Crippen LogP contribution in [0, 0.1) is 0 Å². The largest absolute Gasteiger partial charge is 0.352 e. The number of nitrogens with one attached hydrogen (secondary N) is 2. The van der Waals surface area contributed by atoms with E-state index in [1.807, 2.05) is 18.2 Å². The van der Waals surface area contributed by atoms with Gasteiger partial charge < -0.3 is 5.32 Å². The first kappa shape index (κ1) is 17.2. The molecule has 1 amide bonds. The lowest BCUT2D eigenvalue weighted by molar-refractivity contribution is 0.0953. The van der Waals surface area contributed by atoms with Gasteiger partial charge >= 0.3 is 0 Å². The smallest absolute Gasteiger partial charge is 0.251 e. The minimum Gasteiger partial charge on any atom is -0.352 e. The van der Waals surface area contributed by atoms with Crippen LogP contribution in [0.3, 0.4) is 0 Å². The molecular formula is C17H20N2O3S. The third-order valence-electron chi connectivity index (χ3n) is 3.47. The van der Waals surface area contributed by atoms with Crippen LogP contribution in [0.4, 0.5) is 0 Å². The average Bonchev–Trinajstić information content (AvgIpc) is 2.59. The fraction of sp³-hybridized carbons (Fsp3) is 0.235. The second-order valence-electron chi connectivity index (χ2n) is 5.08. The molecule has 0 saturated carbocycles. The minimum absolute atomic E-state index is 0.139. The van der Waals surface area contributed by atoms with Crippen LogP contribution >= 0.6 is 0 Å². The summed E-state index contributed by atoms with van der Waals surface area (Å²) in [6.07, 6.45) is 1.75. The Morgan fingerprint density at radius 2 is 1.65 bits per heavy atom. The highest BCUT2D eigenvalue weighted by Crippen LogP contribution is 2.10. The number of hydrogen-bond acceptors (Lipinski definition) is 3. The summed E-state index contributed by atoms with van der Waals surface area (Å²) in [6, 6.07) is 15.9. The molecule has 0 saturated heterocycles. The maximum absolute atomic E-state index is 12.0. The van der Waals surface area contributed by atoms with Crippen molar-refractivity contribution in [3.8, 4) is 0 Å². The SMILES string of the molecule is CNS(=O)(=O)c1ccc(C(=O)NCCCc2ccccc2)cc1. The Kier molecular flexibility index (Phi) is 5.90. The molecule has 0 spiro atoms. The lowest BCUT2D eigenvalue weighted by Crippen LogP contribution is -2.25. The van der Waals surface area contributed by atoms with Crippen LogP contribution < -0.4 is 10.0 Å². The van der Waals surface area contributed by atoms with Crippen LogP contribution in [-0.4, -0.2) is 27.9 Å². The van der Waals surface area contributed by atoms with Crippen LogP contribution in [0.25, 0.3) is 0 Å². The Balaban J connectivity index is 1.84. The Morgan fingerprint density at radius 3 is 2.26 bits per heavy atom. The molecule has 2 N–H and O–H groups in total. The topological polar surface area (TPSA) is 75.3 Å². The number of rotatable bonds is 7. The summed E-state index contributed by atoms with van der Waals surface area (Å²) in [5.41, 5.74) is 1.68. The summed E-state index contributed by atoms with van der Waals surface area (Å²) in [7, 11) is -2.12. The number of carbonyl (C=O) groups excluding carboxylic acids is 1. The summed E-state index contributed by atoms with van der Waals surface area (Å²) >= 11 is 0. The first-order valence-electron chi connectivity index (χ1n) is 7.38. The molecule has 0 aliphatic heterocycles. The highest BCUT2D eigenvalue weighted by atomic mass is 32.2. The normalized spacial score (nSPS) is 11.2. The molecule has 0 aliphatic rings. The summed E-state index contributed by atoms with van der Waals surface area (Å²) in [4.78, 5) is 12.1. The number of benzene rings is 2. The van der Waals surface area contributed by atoms with Gasteiger partial charge in [0.05, 0.1) is 4.90 Å². The molecule has 0 aliphatic carbocycles. The zero-order valence-corrected chi connectivity index (χ0v) is 13.8. The van der Waals surface area contributed by atoms with Crippen LogP contribution in [0.5, 0.6) is 0 Å². The van der Waals surface area contributed by atoms with Gasteiger partial charge in [-0.25, -0.2) is 13.1 Å². The van der Waals surface area contributed by atoms with Gasteiger partial charge in [0.25, 0.3) is 5.91 Å². The molecule has 2 aromatic carbocycles. The molecule has 122 valence electrons. The Labute approximate surface area is 136 Å². The lowest BCUT2D eigenvalue weighted by Gasteiger charge is -2.07. The van der Waals surface area contributed by atoms with Crippen molar-refractivity contribution in [2.45, 2.75) is 17.7 Å². The van der Waals surface area contributed by atoms with Gasteiger partial charge in [0.15, 0.2) is 0 Å². The van der Waals surface area contributed by atoms with Gasteiger partial charge in [0.1, 0.15) is 0 Å². The second-order valence-corrected chi connectivity index (χ2v) is 6.96. The predicted octanol–water partition coefficient (Wildman–Crippen LogP) is 1.96. The van der Waals surface area contributed by atoms with E-state index >= 15 is 0 Å². The molecule has 23 heavy (non-hydrogen) atoms. The first-order chi connectivity index (χ1) is 11.0. The summed E-state index contributed by atoms with van der Waals surface area (Å²) in [6.45, 7) is 0.574. The molecular weight excluding hydrogens is 312 g/mol. The van der Waals surface area contributed by atoms with Crippen LogP contribution in [-0.2, 0) is 16.4 Å². The number of carbonyl (C=O) groups is 1. The van der Waals surface area contributed by atoms with Gasteiger partial charge in [-0.05, 0) is 49.7 Å². The number of amides is 1. The molecule has 0 unspecified atom stereocenters. The van der Waals surface area contributed by atoms with E-state index in [0.29, 0.717) is 12.1 Å². The van der Waals surface area contributed by atoms with Gasteiger partial charge in [-0.2, -0.15) is 0 Å². The number of aryl methyl sites for hydroxylation is 1. The van der Waals surface area contributed by atoms with Crippen LogP contribution in [0.2, 0.25) is 0 Å². The van der Waals surface area contributed by atoms with E-state index in [-0.39, 0.29) is 10.8 Å². The highest BCUT2D eigenvalue weighted by Gasteiger charge is 2.12. The van der Waals surface area contributed by atoms with Crippen molar-refractivity contribution in [1.29, 1.82) is 0 Å². The van der Waals surface area contributed by atoms with Gasteiger partial charge in [-0.3, -0.25) is 4.79 Å². The molecule has 5 nitrogen and oxygen atoms in total. The number of hydrogen-bond donors (Lipinski definition) is 2. The zero-order valence-electron chi connectivity index (χ0n) is 13.0. The van der Waals surface area contributed by atoms with Crippen molar-refractivity contribution in [1.82, 2.24) is 10.0 Å². The minimum atomic E-state index is -3.47. The Bertz CT molecular complexity index is 741. The summed E-state index contributed by atoms with van der Waals surface area (Å²) in [5, 5.41) is 2.84. The molecule has 6 heteroatoms. The Hall–Kier alpha value is -2.18. The molecule has 2 aromatic rings. The third-order valence-corrected chi connectivity index (χ3v) is 4.90. The first-order valence-corrected chi connectivity index (χ1v) is 8.87. The molecule has 0 fully saturated rings. The lowest BCUT2D eigenvalue weighted by atomic mass is 10.1. The van der Waals surface area contributed by atoms with Crippen molar-refractivity contribution in [2.75, 3.05) is 13.6 Å². The Morgan fingerprint density at radius 1 is 1.00 bits per heavy atom. The van der Waals surface area contributed by atoms with Crippen molar-refractivity contribution in [3.63, 3.8) is 0 Å². The van der Waals surface area contributed by atoms with Crippen molar-refractivity contribution in [3.05, 3.63) is 65.7 Å². The third kappa shape index (κ3) is 4.91. The maximum Gasteiger partial charge on any atom is 0.251 e. The molecule has 0 atom stereocenters. The zero-order chi connectivity index (χ0) is 16.7. The van der Waals surface area contributed by atoms with Gasteiger partial charge in [-0.1, -0.05) is 30.3 Å². The maximum atomic E-state index is 12.0. The summed E-state index contributed by atoms with van der Waals surface area (Å²) in [5.74, 6) is -0.202. The summed E-state index contributed by atoms with van der Waals surface area (Å²) < 4.78 is 25.5. The van der Waals surface area contributed by atoms with E-state index in [4.69, 9.17) is 0 Å². The van der Waals surface area contributed by atoms with E-state index in [0.717, 1.165) is 12.8 Å². The molecule has 0 bridgehead atoms. The predicted molar refractivity (Wildman–Crippen MR) is 89.8 cm³/mol. The molecule has 2 rings (SSSR count). The standard InChI is InChI=1S/C17H20N2O3S/c1-18-23(21,22)16-11-9-15(10-12-16)17(20)19-13-5-8-14-6-3-2-4-7-14/h2-4,6-7,9-12,18H,5,8,13H2,1H3,(H,19,20). The fourth-order valence-corrected chi connectivity index (χ4v) is 2.87. The van der Waals surface area contributed by atoms with Crippen molar-refractivity contribution in [2.24, 2.45) is 0 Å². The molecule has 0 aromatic heterocycles. The van der Waals surface area contributed by atoms with Crippen LogP contribution in [0.1, 0.15) is 22.3 Å². The number of sulfonamides is 1. The quantitative estimate of drug-likeness (QED) is 0.761. The average molecular weight is 332 g/mol. The van der Waals surface area contributed by atoms with Gasteiger partial charge in [0.2, 0.25) is 10.0 Å². The second kappa shape index (κ2) is 7.89. The van der Waals surface area contributed by atoms with Gasteiger partial charge in [0, 0.05) is 12.1 Å². The highest BCUT2D eigenvalue weighted by molar-refractivity contribution is 7.89. The molecule has 0 heterocycles. The van der Waals surface area contributed by atoms with E-state index < -0.39 is 10.0 Å². The van der Waals surface area contributed by atoms with Gasteiger partial charge in [-0.15, -0.1) is 0 Å². The van der Waals surface area contributed by atoms with E-state index in [1.54, 1.807) is 0 Å². The van der Waals surface area contributed by atoms with E-state index in [1.165, 1.54) is 36.9 Å². The van der Waals surface area contributed by atoms with Crippen molar-refractivity contribution >= 4 is 15.9 Å². The van der Waals surface area contributed by atoms with E-state index in [2.05, 4.69) is 22.2 Å². The van der Waals surface area contributed by atoms with E-state index in [9.17, 15) is 13.2 Å². The monoisotopic (exact) mass is 332 g/mol. The fourth-order valence-electron chi connectivity index (χ4n) is 2.14.